The third kappa shape index (κ3) is 3.42. The highest BCUT2D eigenvalue weighted by molar-refractivity contribution is 5.30. The van der Waals surface area contributed by atoms with E-state index in [-0.39, 0.29) is 18.8 Å². The molecule has 1 fully saturated rings. The van der Waals surface area contributed by atoms with Gasteiger partial charge in [0.05, 0.1) is 37.2 Å². The fourth-order valence-electron chi connectivity index (χ4n) is 2.17. The van der Waals surface area contributed by atoms with Gasteiger partial charge < -0.3 is 15.6 Å². The summed E-state index contributed by atoms with van der Waals surface area (Å²) in [4.78, 5) is 2.28. The Balaban J connectivity index is 1.82. The number of aromatic nitrogens is 2. The van der Waals surface area contributed by atoms with Gasteiger partial charge in [0.1, 0.15) is 0 Å². The van der Waals surface area contributed by atoms with Crippen molar-refractivity contribution in [3.05, 3.63) is 12.4 Å². The summed E-state index contributed by atoms with van der Waals surface area (Å²) in [6.07, 6.45) is 3.58. The second-order valence-electron chi connectivity index (χ2n) is 4.55. The van der Waals surface area contributed by atoms with Crippen LogP contribution in [0.5, 0.6) is 0 Å². The van der Waals surface area contributed by atoms with Crippen LogP contribution in [0.2, 0.25) is 0 Å². The van der Waals surface area contributed by atoms with E-state index in [1.165, 1.54) is 0 Å². The molecule has 6 heteroatoms. The minimum Gasteiger partial charge on any atom is -0.396 e. The zero-order valence-corrected chi connectivity index (χ0v) is 10.1. The number of rotatable bonds is 4. The van der Waals surface area contributed by atoms with Crippen LogP contribution >= 0.6 is 0 Å². The first kappa shape index (κ1) is 12.3. The van der Waals surface area contributed by atoms with E-state index in [2.05, 4.69) is 10.00 Å². The van der Waals surface area contributed by atoms with Crippen molar-refractivity contribution in [2.45, 2.75) is 25.7 Å². The third-order valence-corrected chi connectivity index (χ3v) is 2.90. The summed E-state index contributed by atoms with van der Waals surface area (Å²) in [5, 5.41) is 13.3. The number of hydrogen-bond acceptors (Lipinski definition) is 5. The van der Waals surface area contributed by atoms with E-state index >= 15 is 0 Å². The number of aliphatic hydroxyl groups is 1. The molecule has 1 aliphatic rings. The Labute approximate surface area is 101 Å². The molecule has 1 aromatic heterocycles. The number of ether oxygens (including phenoxy) is 1. The Morgan fingerprint density at radius 2 is 2.35 bits per heavy atom. The van der Waals surface area contributed by atoms with Crippen LogP contribution in [-0.4, -0.2) is 58.2 Å². The minimum absolute atomic E-state index is 0.0681. The Kier molecular flexibility index (Phi) is 3.98. The van der Waals surface area contributed by atoms with Crippen molar-refractivity contribution in [2.75, 3.05) is 32.0 Å². The summed E-state index contributed by atoms with van der Waals surface area (Å²) in [7, 11) is 0. The maximum atomic E-state index is 9.13. The fraction of sp³-hybridized carbons (Fsp3) is 0.727. The van der Waals surface area contributed by atoms with Crippen molar-refractivity contribution >= 4 is 5.69 Å². The molecule has 0 radical (unpaired) electrons. The van der Waals surface area contributed by atoms with Crippen LogP contribution < -0.4 is 5.73 Å². The molecule has 1 aromatic rings. The van der Waals surface area contributed by atoms with Gasteiger partial charge in [-0.05, 0) is 6.92 Å². The highest BCUT2D eigenvalue weighted by atomic mass is 16.5. The van der Waals surface area contributed by atoms with E-state index in [9.17, 15) is 0 Å². The molecule has 2 rings (SSSR count). The van der Waals surface area contributed by atoms with Gasteiger partial charge in [-0.2, -0.15) is 5.10 Å². The van der Waals surface area contributed by atoms with Gasteiger partial charge in [0.15, 0.2) is 0 Å². The van der Waals surface area contributed by atoms with Gasteiger partial charge in [-0.3, -0.25) is 9.58 Å². The molecular formula is C11H20N4O2. The van der Waals surface area contributed by atoms with Crippen LogP contribution in [0.4, 0.5) is 5.69 Å². The number of morpholine rings is 1. The lowest BCUT2D eigenvalue weighted by molar-refractivity contribution is -0.0956. The molecule has 0 amide bonds. The highest BCUT2D eigenvalue weighted by Gasteiger charge is 2.24. The van der Waals surface area contributed by atoms with E-state index in [1.807, 2.05) is 17.8 Å². The van der Waals surface area contributed by atoms with Crippen LogP contribution in [0.1, 0.15) is 6.92 Å². The topological polar surface area (TPSA) is 76.5 Å². The van der Waals surface area contributed by atoms with Gasteiger partial charge >= 0.3 is 0 Å². The van der Waals surface area contributed by atoms with Crippen molar-refractivity contribution in [1.82, 2.24) is 14.7 Å². The largest absolute Gasteiger partial charge is 0.396 e. The molecule has 2 atom stereocenters. The molecule has 1 saturated heterocycles. The van der Waals surface area contributed by atoms with E-state index < -0.39 is 0 Å². The number of hydrogen-bond donors (Lipinski definition) is 2. The summed E-state index contributed by atoms with van der Waals surface area (Å²) < 4.78 is 7.42. The predicted molar refractivity (Wildman–Crippen MR) is 64.5 cm³/mol. The Morgan fingerprint density at radius 3 is 3.00 bits per heavy atom. The molecular weight excluding hydrogens is 220 g/mol. The molecule has 0 bridgehead atoms. The van der Waals surface area contributed by atoms with E-state index in [0.29, 0.717) is 5.69 Å². The van der Waals surface area contributed by atoms with Crippen molar-refractivity contribution in [2.24, 2.45) is 0 Å². The molecule has 17 heavy (non-hydrogen) atoms. The maximum absolute atomic E-state index is 9.13. The quantitative estimate of drug-likeness (QED) is 0.745. The van der Waals surface area contributed by atoms with E-state index in [0.717, 1.165) is 26.2 Å². The third-order valence-electron chi connectivity index (χ3n) is 2.90. The zero-order chi connectivity index (χ0) is 12.3. The van der Waals surface area contributed by atoms with E-state index in [4.69, 9.17) is 15.6 Å². The first-order valence-electron chi connectivity index (χ1n) is 5.94. The standard InChI is InChI=1S/C11H20N4O2/c1-9-5-14(7-11(8-16)17-9)2-3-15-6-10(12)4-13-15/h4,6,9,11,16H,2-3,5,7-8,12H2,1H3. The first-order valence-corrected chi connectivity index (χ1v) is 5.94. The van der Waals surface area contributed by atoms with Crippen LogP contribution in [-0.2, 0) is 11.3 Å². The van der Waals surface area contributed by atoms with Crippen LogP contribution in [0, 0.1) is 0 Å². The molecule has 1 aliphatic heterocycles. The second kappa shape index (κ2) is 5.48. The van der Waals surface area contributed by atoms with Gasteiger partial charge in [0.2, 0.25) is 0 Å². The first-order chi connectivity index (χ1) is 8.17. The molecule has 6 nitrogen and oxygen atoms in total. The van der Waals surface area contributed by atoms with Gasteiger partial charge in [0, 0.05) is 25.8 Å². The number of anilines is 1. The highest BCUT2D eigenvalue weighted by Crippen LogP contribution is 2.10. The van der Waals surface area contributed by atoms with Crippen LogP contribution in [0.3, 0.4) is 0 Å². The van der Waals surface area contributed by atoms with Gasteiger partial charge in [0.25, 0.3) is 0 Å². The fourth-order valence-corrected chi connectivity index (χ4v) is 2.17. The Hall–Kier alpha value is -1.11. The molecule has 0 spiro atoms. The Morgan fingerprint density at radius 1 is 1.53 bits per heavy atom. The predicted octanol–water partition coefficient (Wildman–Crippen LogP) is -0.453. The number of aliphatic hydroxyl groups excluding tert-OH is 1. The molecule has 2 heterocycles. The number of nitrogens with two attached hydrogens (primary N) is 1. The summed E-state index contributed by atoms with van der Waals surface area (Å²) >= 11 is 0. The van der Waals surface area contributed by atoms with Crippen molar-refractivity contribution < 1.29 is 9.84 Å². The minimum atomic E-state index is -0.0681. The van der Waals surface area contributed by atoms with Gasteiger partial charge in [-0.15, -0.1) is 0 Å². The van der Waals surface area contributed by atoms with Gasteiger partial charge in [-0.25, -0.2) is 0 Å². The van der Waals surface area contributed by atoms with Crippen molar-refractivity contribution in [3.63, 3.8) is 0 Å². The molecule has 0 aliphatic carbocycles. The summed E-state index contributed by atoms with van der Waals surface area (Å²) in [6, 6.07) is 0. The number of nitrogens with zero attached hydrogens (tertiary/aromatic N) is 3. The molecule has 0 saturated carbocycles. The Bertz CT molecular complexity index is 355. The zero-order valence-electron chi connectivity index (χ0n) is 10.1. The number of nitrogen functional groups attached to an aromatic ring is 1. The smallest absolute Gasteiger partial charge is 0.0936 e. The summed E-state index contributed by atoms with van der Waals surface area (Å²) in [5.41, 5.74) is 6.29. The van der Waals surface area contributed by atoms with Gasteiger partial charge in [-0.1, -0.05) is 0 Å². The average molecular weight is 240 g/mol. The lowest BCUT2D eigenvalue weighted by atomic mass is 10.2. The van der Waals surface area contributed by atoms with E-state index in [1.54, 1.807) is 6.20 Å². The van der Waals surface area contributed by atoms with Crippen molar-refractivity contribution in [1.29, 1.82) is 0 Å². The van der Waals surface area contributed by atoms with Crippen LogP contribution in [0.25, 0.3) is 0 Å². The van der Waals surface area contributed by atoms with Crippen molar-refractivity contribution in [3.8, 4) is 0 Å². The molecule has 2 unspecified atom stereocenters. The average Bonchev–Trinajstić information content (AvgIpc) is 2.72. The second-order valence-corrected chi connectivity index (χ2v) is 4.55. The lowest BCUT2D eigenvalue weighted by Gasteiger charge is -2.35. The van der Waals surface area contributed by atoms with Crippen LogP contribution in [0.15, 0.2) is 12.4 Å². The molecule has 3 N–H and O–H groups in total. The molecule has 96 valence electrons. The maximum Gasteiger partial charge on any atom is 0.0936 e. The monoisotopic (exact) mass is 240 g/mol. The normalized spacial score (nSPS) is 26.2. The SMILES string of the molecule is CC1CN(CCn2cc(N)cn2)CC(CO)O1. The summed E-state index contributed by atoms with van der Waals surface area (Å²) in [5.74, 6) is 0. The summed E-state index contributed by atoms with van der Waals surface area (Å²) in [6.45, 7) is 5.48. The molecule has 0 aromatic carbocycles. The lowest BCUT2D eigenvalue weighted by Crippen LogP contribution is -2.48.